The molecule has 3 N–H and O–H groups in total. The van der Waals surface area contributed by atoms with Crippen molar-refractivity contribution in [3.05, 3.63) is 59.8 Å². The molecule has 0 aliphatic heterocycles. The summed E-state index contributed by atoms with van der Waals surface area (Å²) in [5.74, 6) is 0.869. The Kier molecular flexibility index (Phi) is 4.43. The molecule has 7 heteroatoms. The van der Waals surface area contributed by atoms with Crippen molar-refractivity contribution in [1.82, 2.24) is 15.0 Å². The van der Waals surface area contributed by atoms with Gasteiger partial charge in [-0.3, -0.25) is 0 Å². The Morgan fingerprint density at radius 3 is 2.77 bits per heavy atom. The van der Waals surface area contributed by atoms with E-state index >= 15 is 0 Å². The molecule has 0 spiro atoms. The molecule has 0 atom stereocenters. The third-order valence-corrected chi connectivity index (χ3v) is 5.31. The monoisotopic (exact) mass is 399 g/mol. The Bertz CT molecular complexity index is 1280. The van der Waals surface area contributed by atoms with Crippen molar-refractivity contribution >= 4 is 45.2 Å². The van der Waals surface area contributed by atoms with Gasteiger partial charge in [0.2, 0.25) is 5.95 Å². The summed E-state index contributed by atoms with van der Waals surface area (Å²) in [6.07, 6.45) is 4.28. The van der Waals surface area contributed by atoms with Gasteiger partial charge in [0.05, 0.1) is 11.1 Å². The fourth-order valence-corrected chi connectivity index (χ4v) is 3.51. The summed E-state index contributed by atoms with van der Waals surface area (Å²) in [4.78, 5) is 25.4. The van der Waals surface area contributed by atoms with Crippen molar-refractivity contribution in [2.45, 2.75) is 19.8 Å². The van der Waals surface area contributed by atoms with Crippen LogP contribution in [0, 0.1) is 12.8 Å². The summed E-state index contributed by atoms with van der Waals surface area (Å²) in [7, 11) is 0. The van der Waals surface area contributed by atoms with Crippen LogP contribution in [0.2, 0.25) is 0 Å². The van der Waals surface area contributed by atoms with E-state index in [2.05, 4.69) is 15.6 Å². The number of hydrogen-bond acceptors (Lipinski definition) is 6. The number of aryl methyl sites for hydroxylation is 1. The third-order valence-electron chi connectivity index (χ3n) is 5.31. The number of benzene rings is 2. The molecule has 2 heterocycles. The van der Waals surface area contributed by atoms with Crippen LogP contribution >= 0.6 is 0 Å². The number of nitrogens with one attached hydrogen (secondary N) is 2. The molecule has 2 aromatic heterocycles. The second-order valence-electron chi connectivity index (χ2n) is 7.77. The van der Waals surface area contributed by atoms with E-state index in [9.17, 15) is 9.90 Å². The van der Waals surface area contributed by atoms with Gasteiger partial charge >= 0.3 is 5.97 Å². The van der Waals surface area contributed by atoms with Gasteiger partial charge in [-0.15, -0.1) is 0 Å². The van der Waals surface area contributed by atoms with Gasteiger partial charge in [-0.05, 0) is 55.5 Å². The number of pyridine rings is 1. The Morgan fingerprint density at radius 2 is 2.00 bits per heavy atom. The van der Waals surface area contributed by atoms with Crippen LogP contribution in [0.3, 0.4) is 0 Å². The highest BCUT2D eigenvalue weighted by atomic mass is 16.4. The standard InChI is InChI=1S/C23H21N5O2/c1-13-3-2-4-16(9-13)26-21-20-18(12-25-23(28-20)24-11-14-5-6-14)17-8-7-15(22(29)30)10-19(17)27-21/h2-4,7-10,12,14H,5-6,11H2,1H3,(H,26,27)(H,29,30)(H,24,25,28). The van der Waals surface area contributed by atoms with Crippen molar-refractivity contribution in [2.24, 2.45) is 5.92 Å². The number of hydrogen-bond donors (Lipinski definition) is 3. The Labute approximate surface area is 173 Å². The first kappa shape index (κ1) is 18.3. The highest BCUT2D eigenvalue weighted by Crippen LogP contribution is 2.32. The van der Waals surface area contributed by atoms with E-state index in [0.29, 0.717) is 28.7 Å². The van der Waals surface area contributed by atoms with Gasteiger partial charge in [0.25, 0.3) is 0 Å². The average molecular weight is 399 g/mol. The molecule has 150 valence electrons. The molecule has 0 amide bonds. The van der Waals surface area contributed by atoms with Crippen LogP contribution in [-0.2, 0) is 0 Å². The van der Waals surface area contributed by atoms with Crippen LogP contribution in [0.4, 0.5) is 17.5 Å². The summed E-state index contributed by atoms with van der Waals surface area (Å²) in [5.41, 5.74) is 3.49. The lowest BCUT2D eigenvalue weighted by molar-refractivity contribution is 0.0697. The zero-order valence-electron chi connectivity index (χ0n) is 16.5. The highest BCUT2D eigenvalue weighted by molar-refractivity contribution is 6.10. The summed E-state index contributed by atoms with van der Waals surface area (Å²) in [6.45, 7) is 2.90. The molecule has 1 saturated carbocycles. The lowest BCUT2D eigenvalue weighted by atomic mass is 10.1. The van der Waals surface area contributed by atoms with Crippen molar-refractivity contribution < 1.29 is 9.90 Å². The summed E-state index contributed by atoms with van der Waals surface area (Å²) in [5, 5.41) is 17.7. The van der Waals surface area contributed by atoms with Gasteiger partial charge in [-0.25, -0.2) is 19.7 Å². The number of anilines is 3. The number of carboxylic acid groups (broad SMARTS) is 1. The van der Waals surface area contributed by atoms with E-state index in [-0.39, 0.29) is 5.56 Å². The Balaban J connectivity index is 1.66. The van der Waals surface area contributed by atoms with E-state index in [4.69, 9.17) is 9.97 Å². The number of carboxylic acids is 1. The van der Waals surface area contributed by atoms with Crippen LogP contribution in [0.1, 0.15) is 28.8 Å². The van der Waals surface area contributed by atoms with Gasteiger partial charge in [-0.1, -0.05) is 18.2 Å². The fourth-order valence-electron chi connectivity index (χ4n) is 3.51. The molecule has 1 aliphatic carbocycles. The minimum atomic E-state index is -0.983. The highest BCUT2D eigenvalue weighted by Gasteiger charge is 2.21. The van der Waals surface area contributed by atoms with Crippen molar-refractivity contribution in [1.29, 1.82) is 0 Å². The molecule has 30 heavy (non-hydrogen) atoms. The topological polar surface area (TPSA) is 100 Å². The number of nitrogens with zero attached hydrogens (tertiary/aromatic N) is 3. The van der Waals surface area contributed by atoms with E-state index in [1.807, 2.05) is 31.2 Å². The molecule has 5 rings (SSSR count). The van der Waals surface area contributed by atoms with Crippen molar-refractivity contribution in [3.8, 4) is 0 Å². The zero-order chi connectivity index (χ0) is 20.7. The van der Waals surface area contributed by atoms with Gasteiger partial charge in [0.15, 0.2) is 5.82 Å². The lowest BCUT2D eigenvalue weighted by Gasteiger charge is -2.13. The normalized spacial score (nSPS) is 13.5. The second-order valence-corrected chi connectivity index (χ2v) is 7.77. The quantitative estimate of drug-likeness (QED) is 0.402. The predicted molar refractivity (Wildman–Crippen MR) is 117 cm³/mol. The Morgan fingerprint density at radius 1 is 1.13 bits per heavy atom. The molecule has 7 nitrogen and oxygen atoms in total. The number of carbonyl (C=O) groups is 1. The lowest BCUT2D eigenvalue weighted by Crippen LogP contribution is -2.08. The summed E-state index contributed by atoms with van der Waals surface area (Å²) >= 11 is 0. The minimum Gasteiger partial charge on any atom is -0.478 e. The SMILES string of the molecule is Cc1cccc(Nc2nc3cc(C(=O)O)ccc3c3cnc(NCC4CC4)nc23)c1. The molecule has 0 saturated heterocycles. The van der Waals surface area contributed by atoms with E-state index in [1.54, 1.807) is 24.4 Å². The van der Waals surface area contributed by atoms with Crippen LogP contribution in [0.15, 0.2) is 48.7 Å². The van der Waals surface area contributed by atoms with Crippen molar-refractivity contribution in [3.63, 3.8) is 0 Å². The average Bonchev–Trinajstić information content (AvgIpc) is 3.56. The Hall–Kier alpha value is -3.74. The maximum absolute atomic E-state index is 11.4. The van der Waals surface area contributed by atoms with Gasteiger partial charge < -0.3 is 15.7 Å². The molecule has 4 aromatic rings. The van der Waals surface area contributed by atoms with Crippen LogP contribution in [0.5, 0.6) is 0 Å². The first-order valence-electron chi connectivity index (χ1n) is 9.98. The number of rotatable bonds is 6. The number of aromatic nitrogens is 3. The van der Waals surface area contributed by atoms with Crippen molar-refractivity contribution in [2.75, 3.05) is 17.2 Å². The smallest absolute Gasteiger partial charge is 0.335 e. The second kappa shape index (κ2) is 7.26. The van der Waals surface area contributed by atoms with E-state index < -0.39 is 5.97 Å². The molecule has 2 aromatic carbocycles. The molecule has 0 bridgehead atoms. The first-order valence-corrected chi connectivity index (χ1v) is 9.98. The number of aromatic carboxylic acids is 1. The largest absolute Gasteiger partial charge is 0.478 e. The molecule has 0 unspecified atom stereocenters. The summed E-state index contributed by atoms with van der Waals surface area (Å²) < 4.78 is 0. The van der Waals surface area contributed by atoms with E-state index in [0.717, 1.165) is 28.6 Å². The maximum atomic E-state index is 11.4. The van der Waals surface area contributed by atoms with Gasteiger partial charge in [0, 0.05) is 29.2 Å². The van der Waals surface area contributed by atoms with E-state index in [1.165, 1.54) is 12.8 Å². The van der Waals surface area contributed by atoms with Crippen LogP contribution < -0.4 is 10.6 Å². The molecule has 1 fully saturated rings. The molecular formula is C23H21N5O2. The van der Waals surface area contributed by atoms with Crippen LogP contribution in [-0.4, -0.2) is 32.6 Å². The first-order chi connectivity index (χ1) is 14.6. The summed E-state index contributed by atoms with van der Waals surface area (Å²) in [6, 6.07) is 12.9. The predicted octanol–water partition coefficient (Wildman–Crippen LogP) is 4.75. The molecule has 1 aliphatic rings. The molecular weight excluding hydrogens is 378 g/mol. The van der Waals surface area contributed by atoms with Gasteiger partial charge in [0.1, 0.15) is 5.52 Å². The molecule has 0 radical (unpaired) electrons. The fraction of sp³-hybridized carbons (Fsp3) is 0.217. The minimum absolute atomic E-state index is 0.194. The maximum Gasteiger partial charge on any atom is 0.335 e. The third kappa shape index (κ3) is 3.61. The van der Waals surface area contributed by atoms with Gasteiger partial charge in [-0.2, -0.15) is 0 Å². The zero-order valence-corrected chi connectivity index (χ0v) is 16.5. The van der Waals surface area contributed by atoms with Crippen LogP contribution in [0.25, 0.3) is 21.8 Å². The number of fused-ring (bicyclic) bond motifs is 3.